The van der Waals surface area contributed by atoms with Gasteiger partial charge in [-0.25, -0.2) is 4.98 Å². The Morgan fingerprint density at radius 3 is 2.61 bits per heavy atom. The molecule has 0 bridgehead atoms. The third-order valence-corrected chi connectivity index (χ3v) is 6.29. The van der Waals surface area contributed by atoms with E-state index in [0.29, 0.717) is 39.3 Å². The van der Waals surface area contributed by atoms with E-state index in [9.17, 15) is 9.59 Å². The lowest BCUT2D eigenvalue weighted by Gasteiger charge is -2.20. The van der Waals surface area contributed by atoms with E-state index in [1.54, 1.807) is 22.8 Å². The first-order chi connectivity index (χ1) is 13.5. The molecule has 28 heavy (non-hydrogen) atoms. The minimum Gasteiger partial charge on any atom is -0.342 e. The smallest absolute Gasteiger partial charge is 0.262 e. The molecule has 0 radical (unpaired) electrons. The van der Waals surface area contributed by atoms with Crippen molar-refractivity contribution in [2.75, 3.05) is 18.8 Å². The highest BCUT2D eigenvalue weighted by Gasteiger charge is 2.18. The van der Waals surface area contributed by atoms with Crippen LogP contribution < -0.4 is 5.56 Å². The molecule has 1 fully saturated rings. The zero-order valence-corrected chi connectivity index (χ0v) is 18.2. The summed E-state index contributed by atoms with van der Waals surface area (Å²) in [5.74, 6) is 0.910. The van der Waals surface area contributed by atoms with Crippen molar-refractivity contribution in [3.63, 3.8) is 0 Å². The summed E-state index contributed by atoms with van der Waals surface area (Å²) in [6, 6.07) is 5.16. The fourth-order valence-electron chi connectivity index (χ4n) is 3.41. The zero-order valence-electron chi connectivity index (χ0n) is 16.6. The van der Waals surface area contributed by atoms with Crippen molar-refractivity contribution in [3.8, 4) is 0 Å². The van der Waals surface area contributed by atoms with Gasteiger partial charge >= 0.3 is 0 Å². The number of hydrogen-bond donors (Lipinski definition) is 0. The van der Waals surface area contributed by atoms with Crippen LogP contribution in [-0.2, 0) is 11.3 Å². The number of thioether (sulfide) groups is 1. The van der Waals surface area contributed by atoms with Crippen molar-refractivity contribution < 1.29 is 4.79 Å². The number of aromatic nitrogens is 2. The minimum atomic E-state index is -0.0629. The predicted octanol–water partition coefficient (Wildman–Crippen LogP) is 4.59. The normalized spacial score (nSPS) is 15.2. The van der Waals surface area contributed by atoms with Gasteiger partial charge in [0.15, 0.2) is 5.16 Å². The van der Waals surface area contributed by atoms with Crippen LogP contribution in [0, 0.1) is 5.92 Å². The quantitative estimate of drug-likeness (QED) is 0.505. The van der Waals surface area contributed by atoms with Crippen LogP contribution in [0.15, 0.2) is 28.2 Å². The Bertz CT molecular complexity index is 889. The van der Waals surface area contributed by atoms with E-state index < -0.39 is 0 Å². The molecule has 1 saturated heterocycles. The molecule has 1 aromatic heterocycles. The highest BCUT2D eigenvalue weighted by atomic mass is 35.5. The second kappa shape index (κ2) is 9.79. The van der Waals surface area contributed by atoms with Crippen LogP contribution >= 0.6 is 23.4 Å². The van der Waals surface area contributed by atoms with Gasteiger partial charge in [-0.2, -0.15) is 0 Å². The summed E-state index contributed by atoms with van der Waals surface area (Å²) in [5, 5.41) is 1.72. The maximum absolute atomic E-state index is 13.0. The van der Waals surface area contributed by atoms with E-state index in [2.05, 4.69) is 18.8 Å². The summed E-state index contributed by atoms with van der Waals surface area (Å²) < 4.78 is 1.72. The van der Waals surface area contributed by atoms with Gasteiger partial charge in [0.2, 0.25) is 5.91 Å². The highest BCUT2D eigenvalue weighted by molar-refractivity contribution is 7.99. The Morgan fingerprint density at radius 2 is 1.93 bits per heavy atom. The monoisotopic (exact) mass is 421 g/mol. The number of carbonyl (C=O) groups is 1. The number of halogens is 1. The Kier molecular flexibility index (Phi) is 7.41. The summed E-state index contributed by atoms with van der Waals surface area (Å²) in [4.78, 5) is 32.3. The molecule has 0 saturated carbocycles. The molecule has 0 spiro atoms. The lowest BCUT2D eigenvalue weighted by molar-refractivity contribution is -0.128. The Hall–Kier alpha value is -1.53. The number of benzene rings is 1. The number of rotatable bonds is 6. The summed E-state index contributed by atoms with van der Waals surface area (Å²) in [6.07, 6.45) is 5.41. The Balaban J connectivity index is 1.85. The SMILES string of the molecule is CC(C)CCn1c(SCC(=O)N2CCCCCC2)nc2cc(Cl)ccc2c1=O. The van der Waals surface area contributed by atoms with Gasteiger partial charge in [-0.3, -0.25) is 14.2 Å². The van der Waals surface area contributed by atoms with Gasteiger partial charge in [0.25, 0.3) is 5.56 Å². The van der Waals surface area contributed by atoms with E-state index in [4.69, 9.17) is 11.6 Å². The molecule has 152 valence electrons. The van der Waals surface area contributed by atoms with Crippen LogP contribution in [0.4, 0.5) is 0 Å². The Morgan fingerprint density at radius 1 is 1.21 bits per heavy atom. The van der Waals surface area contributed by atoms with Crippen molar-refractivity contribution in [3.05, 3.63) is 33.6 Å². The second-order valence-corrected chi connectivity index (χ2v) is 9.16. The fourth-order valence-corrected chi connectivity index (χ4v) is 4.50. The van der Waals surface area contributed by atoms with E-state index in [1.165, 1.54) is 24.6 Å². The lowest BCUT2D eigenvalue weighted by Crippen LogP contribution is -2.33. The average molecular weight is 422 g/mol. The standard InChI is InChI=1S/C21H28ClN3O2S/c1-15(2)9-12-25-20(27)17-8-7-16(22)13-18(17)23-21(25)28-14-19(26)24-10-5-3-4-6-11-24/h7-8,13,15H,3-6,9-12,14H2,1-2H3. The first kappa shape index (κ1) is 21.2. The van der Waals surface area contributed by atoms with Crippen LogP contribution in [0.1, 0.15) is 46.0 Å². The average Bonchev–Trinajstić information content (AvgIpc) is 2.94. The van der Waals surface area contributed by atoms with Gasteiger partial charge in [-0.15, -0.1) is 0 Å². The number of hydrogen-bond acceptors (Lipinski definition) is 4. The first-order valence-electron chi connectivity index (χ1n) is 10.1. The molecule has 0 unspecified atom stereocenters. The largest absolute Gasteiger partial charge is 0.342 e. The summed E-state index contributed by atoms with van der Waals surface area (Å²) >= 11 is 7.45. The van der Waals surface area contributed by atoms with Crippen molar-refractivity contribution in [1.82, 2.24) is 14.5 Å². The van der Waals surface area contributed by atoms with E-state index in [0.717, 1.165) is 32.4 Å². The third-order valence-electron chi connectivity index (χ3n) is 5.10. The zero-order chi connectivity index (χ0) is 20.1. The number of fused-ring (bicyclic) bond motifs is 1. The predicted molar refractivity (Wildman–Crippen MR) is 116 cm³/mol. The second-order valence-electron chi connectivity index (χ2n) is 7.78. The number of nitrogens with zero attached hydrogens (tertiary/aromatic N) is 3. The van der Waals surface area contributed by atoms with Crippen LogP contribution in [0.2, 0.25) is 5.02 Å². The van der Waals surface area contributed by atoms with Gasteiger partial charge < -0.3 is 4.90 Å². The molecule has 0 aliphatic carbocycles. The molecular weight excluding hydrogens is 394 g/mol. The van der Waals surface area contributed by atoms with Gasteiger partial charge in [-0.1, -0.05) is 50.1 Å². The molecule has 3 rings (SSSR count). The molecule has 1 aliphatic heterocycles. The van der Waals surface area contributed by atoms with E-state index in [-0.39, 0.29) is 11.5 Å². The molecule has 1 amide bonds. The lowest BCUT2D eigenvalue weighted by atomic mass is 10.1. The number of likely N-dealkylation sites (tertiary alicyclic amines) is 1. The van der Waals surface area contributed by atoms with Gasteiger partial charge in [0, 0.05) is 24.7 Å². The highest BCUT2D eigenvalue weighted by Crippen LogP contribution is 2.22. The number of amides is 1. The third kappa shape index (κ3) is 5.29. The molecule has 2 aromatic rings. The summed E-state index contributed by atoms with van der Waals surface area (Å²) in [6.45, 7) is 6.53. The van der Waals surface area contributed by atoms with Crippen molar-refractivity contribution in [2.45, 2.75) is 57.7 Å². The molecule has 1 aliphatic rings. The molecule has 0 N–H and O–H groups in total. The molecular formula is C21H28ClN3O2S. The maximum Gasteiger partial charge on any atom is 0.262 e. The molecule has 5 nitrogen and oxygen atoms in total. The van der Waals surface area contributed by atoms with E-state index in [1.807, 2.05) is 4.90 Å². The van der Waals surface area contributed by atoms with Crippen LogP contribution in [0.25, 0.3) is 10.9 Å². The van der Waals surface area contributed by atoms with Crippen LogP contribution in [-0.4, -0.2) is 39.2 Å². The van der Waals surface area contributed by atoms with Crippen LogP contribution in [0.3, 0.4) is 0 Å². The number of carbonyl (C=O) groups excluding carboxylic acids is 1. The molecule has 1 aromatic carbocycles. The van der Waals surface area contributed by atoms with Gasteiger partial charge in [-0.05, 0) is 43.4 Å². The van der Waals surface area contributed by atoms with Crippen molar-refractivity contribution in [1.29, 1.82) is 0 Å². The fraction of sp³-hybridized carbons (Fsp3) is 0.571. The first-order valence-corrected chi connectivity index (χ1v) is 11.4. The topological polar surface area (TPSA) is 55.2 Å². The van der Waals surface area contributed by atoms with E-state index >= 15 is 0 Å². The molecule has 2 heterocycles. The van der Waals surface area contributed by atoms with Gasteiger partial charge in [0.1, 0.15) is 0 Å². The minimum absolute atomic E-state index is 0.0629. The molecule has 7 heteroatoms. The van der Waals surface area contributed by atoms with Crippen LogP contribution in [0.5, 0.6) is 0 Å². The Labute approximate surface area is 175 Å². The summed E-state index contributed by atoms with van der Waals surface area (Å²) in [5.41, 5.74) is 0.523. The summed E-state index contributed by atoms with van der Waals surface area (Å²) in [7, 11) is 0. The van der Waals surface area contributed by atoms with Crippen molar-refractivity contribution >= 4 is 40.2 Å². The van der Waals surface area contributed by atoms with Gasteiger partial charge in [0.05, 0.1) is 16.7 Å². The van der Waals surface area contributed by atoms with Crippen molar-refractivity contribution in [2.24, 2.45) is 5.92 Å². The maximum atomic E-state index is 13.0. The molecule has 0 atom stereocenters.